The average Bonchev–Trinajstić information content (AvgIpc) is 3.28. The van der Waals surface area contributed by atoms with Crippen molar-refractivity contribution in [1.82, 2.24) is 9.30 Å². The number of carbonyl (C=O) groups excluding carboxylic acids is 1. The molecule has 1 fully saturated rings. The van der Waals surface area contributed by atoms with Crippen molar-refractivity contribution < 1.29 is 9.53 Å². The minimum Gasteiger partial charge on any atom is -0.492 e. The normalized spacial score (nSPS) is 14.7. The van der Waals surface area contributed by atoms with E-state index in [-0.39, 0.29) is 5.78 Å². The molecule has 0 saturated carbocycles. The van der Waals surface area contributed by atoms with Crippen molar-refractivity contribution in [3.63, 3.8) is 0 Å². The Morgan fingerprint density at radius 2 is 1.56 bits per heavy atom. The van der Waals surface area contributed by atoms with Gasteiger partial charge in [0.2, 0.25) is 0 Å². The molecule has 0 amide bonds. The molecule has 4 nitrogen and oxygen atoms in total. The Kier molecular flexibility index (Phi) is 5.52. The van der Waals surface area contributed by atoms with Gasteiger partial charge in [-0.2, -0.15) is 0 Å². The molecule has 0 aliphatic carbocycles. The number of fused-ring (bicyclic) bond motifs is 5. The summed E-state index contributed by atoms with van der Waals surface area (Å²) >= 11 is 0. The van der Waals surface area contributed by atoms with E-state index in [1.165, 1.54) is 43.3 Å². The number of rotatable bonds is 6. The maximum atomic E-state index is 13.3. The lowest BCUT2D eigenvalue weighted by molar-refractivity contribution is 0.103. The third-order valence-electron chi connectivity index (χ3n) is 6.98. The van der Waals surface area contributed by atoms with Crippen molar-refractivity contribution >= 4 is 33.0 Å². The van der Waals surface area contributed by atoms with Crippen molar-refractivity contribution in [2.75, 3.05) is 26.2 Å². The number of hydrogen-bond acceptors (Lipinski definition) is 3. The van der Waals surface area contributed by atoms with Crippen molar-refractivity contribution in [1.29, 1.82) is 0 Å². The minimum absolute atomic E-state index is 0.0277. The van der Waals surface area contributed by atoms with Crippen molar-refractivity contribution in [2.45, 2.75) is 19.3 Å². The fourth-order valence-corrected chi connectivity index (χ4v) is 5.11. The van der Waals surface area contributed by atoms with E-state index < -0.39 is 0 Å². The molecule has 170 valence electrons. The van der Waals surface area contributed by atoms with Crippen LogP contribution in [0, 0.1) is 0 Å². The van der Waals surface area contributed by atoms with Crippen molar-refractivity contribution in [2.24, 2.45) is 0 Å². The molecule has 2 aromatic heterocycles. The number of ether oxygens (including phenoxy) is 1. The summed E-state index contributed by atoms with van der Waals surface area (Å²) in [7, 11) is 0. The number of carbonyl (C=O) groups is 1. The lowest BCUT2D eigenvalue weighted by Gasteiger charge is -2.26. The van der Waals surface area contributed by atoms with E-state index in [1.54, 1.807) is 0 Å². The third kappa shape index (κ3) is 3.95. The van der Waals surface area contributed by atoms with E-state index in [1.807, 2.05) is 42.5 Å². The molecule has 3 aromatic carbocycles. The van der Waals surface area contributed by atoms with Gasteiger partial charge in [0.25, 0.3) is 0 Å². The summed E-state index contributed by atoms with van der Waals surface area (Å²) in [6.07, 6.45) is 6.03. The quantitative estimate of drug-likeness (QED) is 0.284. The first-order chi connectivity index (χ1) is 16.8. The molecular formula is C30H28N2O2. The summed E-state index contributed by atoms with van der Waals surface area (Å²) in [4.78, 5) is 15.7. The van der Waals surface area contributed by atoms with Gasteiger partial charge in [-0.15, -0.1) is 0 Å². The van der Waals surface area contributed by atoms with Gasteiger partial charge in [-0.3, -0.25) is 9.69 Å². The molecule has 3 heterocycles. The second-order valence-electron chi connectivity index (χ2n) is 9.18. The molecule has 0 spiro atoms. The number of benzene rings is 3. The van der Waals surface area contributed by atoms with Crippen LogP contribution in [0.25, 0.3) is 27.2 Å². The standard InChI is InChI=1S/C30H28N2O2/c33-30(23-10-12-26(13-11-23)34-19-18-31-15-4-1-5-16-31)25-9-8-22-14-17-32-28-7-3-2-6-24(28)21-29(32)27(22)20-25/h2-3,6-14,17,20-21H,1,4-5,15-16,18-19H2. The van der Waals surface area contributed by atoms with Crippen molar-refractivity contribution in [3.8, 4) is 5.75 Å². The topological polar surface area (TPSA) is 34.0 Å². The first-order valence-corrected chi connectivity index (χ1v) is 12.2. The SMILES string of the molecule is O=C(c1ccc(OCCN2CCCCC2)cc1)c1ccc2ccn3c4ccccc4cc3c2c1. The highest BCUT2D eigenvalue weighted by Crippen LogP contribution is 2.28. The average molecular weight is 449 g/mol. The Hall–Kier alpha value is -3.63. The zero-order valence-corrected chi connectivity index (χ0v) is 19.2. The Balaban J connectivity index is 1.22. The zero-order valence-electron chi connectivity index (χ0n) is 19.2. The summed E-state index contributed by atoms with van der Waals surface area (Å²) in [5.74, 6) is 0.841. The molecule has 0 bridgehead atoms. The molecule has 34 heavy (non-hydrogen) atoms. The lowest BCUT2D eigenvalue weighted by atomic mass is 10.00. The number of hydrogen-bond donors (Lipinski definition) is 0. The van der Waals surface area contributed by atoms with Crippen LogP contribution in [0.5, 0.6) is 5.75 Å². The predicted molar refractivity (Wildman–Crippen MR) is 138 cm³/mol. The largest absolute Gasteiger partial charge is 0.492 e. The van der Waals surface area contributed by atoms with E-state index in [9.17, 15) is 4.79 Å². The Morgan fingerprint density at radius 3 is 2.41 bits per heavy atom. The monoisotopic (exact) mass is 448 g/mol. The second-order valence-corrected chi connectivity index (χ2v) is 9.18. The Labute approximate surface area is 199 Å². The summed E-state index contributed by atoms with van der Waals surface area (Å²) in [6, 6.07) is 26.2. The van der Waals surface area contributed by atoms with Gasteiger partial charge in [-0.25, -0.2) is 0 Å². The van der Waals surface area contributed by atoms with E-state index in [2.05, 4.69) is 51.9 Å². The molecule has 1 saturated heterocycles. The van der Waals surface area contributed by atoms with Gasteiger partial charge in [0.1, 0.15) is 12.4 Å². The van der Waals surface area contributed by atoms with Gasteiger partial charge in [0.05, 0.1) is 11.0 Å². The van der Waals surface area contributed by atoms with E-state index in [0.29, 0.717) is 17.7 Å². The first-order valence-electron chi connectivity index (χ1n) is 12.2. The molecule has 0 N–H and O–H groups in total. The number of para-hydroxylation sites is 1. The maximum absolute atomic E-state index is 13.3. The number of pyridine rings is 1. The zero-order chi connectivity index (χ0) is 22.9. The van der Waals surface area contributed by atoms with Crippen LogP contribution in [0.3, 0.4) is 0 Å². The minimum atomic E-state index is 0.0277. The molecule has 4 heteroatoms. The van der Waals surface area contributed by atoms with Gasteiger partial charge < -0.3 is 9.14 Å². The van der Waals surface area contributed by atoms with Crippen molar-refractivity contribution in [3.05, 3.63) is 96.2 Å². The van der Waals surface area contributed by atoms with E-state index in [4.69, 9.17) is 4.74 Å². The van der Waals surface area contributed by atoms with Gasteiger partial charge in [-0.05, 0) is 79.8 Å². The summed E-state index contributed by atoms with van der Waals surface area (Å²) in [5.41, 5.74) is 3.66. The highest BCUT2D eigenvalue weighted by molar-refractivity contribution is 6.12. The van der Waals surface area contributed by atoms with Crippen LogP contribution in [0.15, 0.2) is 85.1 Å². The highest BCUT2D eigenvalue weighted by Gasteiger charge is 2.13. The molecule has 0 radical (unpaired) electrons. The molecule has 6 rings (SSSR count). The lowest BCUT2D eigenvalue weighted by Crippen LogP contribution is -2.33. The fraction of sp³-hybridized carbons (Fsp3) is 0.233. The van der Waals surface area contributed by atoms with Gasteiger partial charge in [-0.1, -0.05) is 36.8 Å². The van der Waals surface area contributed by atoms with Gasteiger partial charge >= 0.3 is 0 Å². The highest BCUT2D eigenvalue weighted by atomic mass is 16.5. The van der Waals surface area contributed by atoms with Gasteiger partial charge in [0, 0.05) is 34.6 Å². The third-order valence-corrected chi connectivity index (χ3v) is 6.98. The van der Waals surface area contributed by atoms with Crippen LogP contribution in [-0.4, -0.2) is 41.3 Å². The van der Waals surface area contributed by atoms with Crippen LogP contribution < -0.4 is 4.74 Å². The second kappa shape index (κ2) is 8.96. The molecule has 0 atom stereocenters. The van der Waals surface area contributed by atoms with E-state index in [0.717, 1.165) is 28.6 Å². The van der Waals surface area contributed by atoms with E-state index >= 15 is 0 Å². The molecular weight excluding hydrogens is 420 g/mol. The summed E-state index contributed by atoms with van der Waals surface area (Å²) in [6.45, 7) is 3.99. The number of ketones is 1. The van der Waals surface area contributed by atoms with Crippen LogP contribution in [0.1, 0.15) is 35.2 Å². The van der Waals surface area contributed by atoms with Gasteiger partial charge in [0.15, 0.2) is 5.78 Å². The molecule has 1 aliphatic heterocycles. The van der Waals surface area contributed by atoms with Crippen LogP contribution in [-0.2, 0) is 0 Å². The number of likely N-dealkylation sites (tertiary alicyclic amines) is 1. The van der Waals surface area contributed by atoms with Crippen LogP contribution >= 0.6 is 0 Å². The predicted octanol–water partition coefficient (Wildman–Crippen LogP) is 6.34. The number of nitrogens with zero attached hydrogens (tertiary/aromatic N) is 2. The first kappa shape index (κ1) is 20.9. The summed E-state index contributed by atoms with van der Waals surface area (Å²) in [5, 5.41) is 3.41. The van der Waals surface area contributed by atoms with Crippen LogP contribution in [0.4, 0.5) is 0 Å². The smallest absolute Gasteiger partial charge is 0.193 e. The van der Waals surface area contributed by atoms with Crippen LogP contribution in [0.2, 0.25) is 0 Å². The number of aromatic nitrogens is 1. The number of piperidine rings is 1. The fourth-order valence-electron chi connectivity index (χ4n) is 5.11. The molecule has 5 aromatic rings. The Bertz CT molecular complexity index is 1480. The molecule has 1 aliphatic rings. The summed E-state index contributed by atoms with van der Waals surface area (Å²) < 4.78 is 8.12. The molecule has 0 unspecified atom stereocenters. The Morgan fingerprint density at radius 1 is 0.765 bits per heavy atom. The maximum Gasteiger partial charge on any atom is 0.193 e.